The highest BCUT2D eigenvalue weighted by Gasteiger charge is 2.56. The summed E-state index contributed by atoms with van der Waals surface area (Å²) in [4.78, 5) is 35.2. The summed E-state index contributed by atoms with van der Waals surface area (Å²) in [6.45, 7) is 5.93. The first kappa shape index (κ1) is 18.3. The van der Waals surface area contributed by atoms with Crippen LogP contribution in [-0.2, 0) is 19.1 Å². The van der Waals surface area contributed by atoms with Crippen LogP contribution in [-0.4, -0.2) is 34.6 Å². The lowest BCUT2D eigenvalue weighted by Crippen LogP contribution is -2.52. The average Bonchev–Trinajstić information content (AvgIpc) is 2.83. The number of nitro benzene ring substituents is 1. The lowest BCUT2D eigenvalue weighted by molar-refractivity contribution is -0.384. The molecule has 8 heteroatoms. The number of benzene rings is 1. The fourth-order valence-corrected chi connectivity index (χ4v) is 3.89. The van der Waals surface area contributed by atoms with E-state index in [-0.39, 0.29) is 24.0 Å². The number of esters is 1. The molecule has 2 heterocycles. The molecule has 0 saturated carbocycles. The van der Waals surface area contributed by atoms with Gasteiger partial charge in [-0.15, -0.1) is 0 Å². The molecule has 1 amide bonds. The zero-order valence-corrected chi connectivity index (χ0v) is 15.0. The fraction of sp³-hybridized carbons (Fsp3) is 0.556. The Bertz CT molecular complexity index is 775. The zero-order chi connectivity index (χ0) is 19.1. The molecule has 2 aliphatic rings. The largest absolute Gasteiger partial charge is 0.458 e. The number of nitro groups is 1. The minimum Gasteiger partial charge on any atom is -0.458 e. The molecule has 0 aliphatic carbocycles. The van der Waals surface area contributed by atoms with Crippen LogP contribution in [0.5, 0.6) is 0 Å². The van der Waals surface area contributed by atoms with Gasteiger partial charge in [0.05, 0.1) is 29.5 Å². The van der Waals surface area contributed by atoms with Crippen LogP contribution in [0.4, 0.5) is 11.4 Å². The molecule has 1 aromatic carbocycles. The minimum absolute atomic E-state index is 0.0218. The van der Waals surface area contributed by atoms with Crippen molar-refractivity contribution in [1.82, 2.24) is 0 Å². The highest BCUT2D eigenvalue weighted by atomic mass is 16.6. The van der Waals surface area contributed by atoms with Crippen LogP contribution in [0.25, 0.3) is 0 Å². The van der Waals surface area contributed by atoms with Crippen LogP contribution in [0.2, 0.25) is 0 Å². The Hall–Kier alpha value is -2.48. The Balaban J connectivity index is 1.82. The fourth-order valence-electron chi connectivity index (χ4n) is 3.89. The Labute approximate surface area is 151 Å². The maximum Gasteiger partial charge on any atom is 0.307 e. The van der Waals surface area contributed by atoms with Crippen molar-refractivity contribution in [3.63, 3.8) is 0 Å². The SMILES string of the molecule is Cc1cc([N+](=O)[O-])ccc1NC(=O)[C@H]1CC(=O)O[C@@]12CCOC(C)(C)C2. The number of hydrogen-bond donors (Lipinski definition) is 1. The number of aryl methyl sites for hydroxylation is 1. The van der Waals surface area contributed by atoms with Crippen molar-refractivity contribution in [3.8, 4) is 0 Å². The third-order valence-corrected chi connectivity index (χ3v) is 5.06. The van der Waals surface area contributed by atoms with Crippen LogP contribution in [0.1, 0.15) is 38.7 Å². The number of hydrogen-bond acceptors (Lipinski definition) is 6. The molecular formula is C18H22N2O6. The van der Waals surface area contributed by atoms with Gasteiger partial charge in [0.2, 0.25) is 5.91 Å². The van der Waals surface area contributed by atoms with E-state index < -0.39 is 22.0 Å². The summed E-state index contributed by atoms with van der Waals surface area (Å²) in [7, 11) is 0. The first-order valence-electron chi connectivity index (χ1n) is 8.54. The highest BCUT2D eigenvalue weighted by molar-refractivity contribution is 5.97. The van der Waals surface area contributed by atoms with Gasteiger partial charge in [-0.1, -0.05) is 0 Å². The predicted octanol–water partition coefficient (Wildman–Crippen LogP) is 2.73. The van der Waals surface area contributed by atoms with Crippen molar-refractivity contribution >= 4 is 23.3 Å². The van der Waals surface area contributed by atoms with Gasteiger partial charge in [-0.25, -0.2) is 0 Å². The number of ether oxygens (including phenoxy) is 2. The van der Waals surface area contributed by atoms with Crippen molar-refractivity contribution in [2.24, 2.45) is 5.92 Å². The molecule has 0 aromatic heterocycles. The third kappa shape index (κ3) is 3.41. The van der Waals surface area contributed by atoms with Gasteiger partial charge in [-0.05, 0) is 32.4 Å². The standard InChI is InChI=1S/C18H22N2O6/c1-11-8-12(20(23)24)4-5-14(11)19-16(22)13-9-15(21)26-18(13)6-7-25-17(2,3)10-18/h4-5,8,13H,6-7,9-10H2,1-3H3,(H,19,22)/t13-,18-/m1/s1. The van der Waals surface area contributed by atoms with Gasteiger partial charge >= 0.3 is 5.97 Å². The van der Waals surface area contributed by atoms with Crippen molar-refractivity contribution in [1.29, 1.82) is 0 Å². The van der Waals surface area contributed by atoms with Crippen molar-refractivity contribution in [2.75, 3.05) is 11.9 Å². The summed E-state index contributed by atoms with van der Waals surface area (Å²) in [5.41, 5.74) is -0.314. The number of carbonyl (C=O) groups is 2. The lowest BCUT2D eigenvalue weighted by Gasteiger charge is -2.43. The van der Waals surface area contributed by atoms with Crippen molar-refractivity contribution in [2.45, 2.75) is 51.2 Å². The van der Waals surface area contributed by atoms with Gasteiger partial charge in [0.25, 0.3) is 5.69 Å². The molecule has 0 unspecified atom stereocenters. The molecule has 3 rings (SSSR count). The number of nitrogens with zero attached hydrogens (tertiary/aromatic N) is 1. The normalized spacial score (nSPS) is 27.2. The molecule has 26 heavy (non-hydrogen) atoms. The van der Waals surface area contributed by atoms with Gasteiger partial charge in [-0.2, -0.15) is 0 Å². The summed E-state index contributed by atoms with van der Waals surface area (Å²) < 4.78 is 11.3. The van der Waals surface area contributed by atoms with Gasteiger partial charge in [0.1, 0.15) is 5.60 Å². The molecule has 1 spiro atoms. The number of rotatable bonds is 3. The molecule has 2 aliphatic heterocycles. The van der Waals surface area contributed by atoms with E-state index in [9.17, 15) is 19.7 Å². The topological polar surface area (TPSA) is 108 Å². The van der Waals surface area contributed by atoms with Crippen LogP contribution in [0.15, 0.2) is 18.2 Å². The van der Waals surface area contributed by atoms with Crippen molar-refractivity contribution in [3.05, 3.63) is 33.9 Å². The average molecular weight is 362 g/mol. The number of amides is 1. The van der Waals surface area contributed by atoms with Gasteiger partial charge in [0, 0.05) is 30.7 Å². The third-order valence-electron chi connectivity index (χ3n) is 5.06. The summed E-state index contributed by atoms with van der Waals surface area (Å²) >= 11 is 0. The smallest absolute Gasteiger partial charge is 0.307 e. The molecule has 1 aromatic rings. The molecule has 0 bridgehead atoms. The first-order chi connectivity index (χ1) is 12.1. The second-order valence-corrected chi connectivity index (χ2v) is 7.58. The molecule has 2 saturated heterocycles. The van der Waals surface area contributed by atoms with E-state index in [1.807, 2.05) is 13.8 Å². The first-order valence-corrected chi connectivity index (χ1v) is 8.54. The lowest BCUT2D eigenvalue weighted by atomic mass is 9.75. The summed E-state index contributed by atoms with van der Waals surface area (Å²) in [5, 5.41) is 13.7. The Morgan fingerprint density at radius 3 is 2.73 bits per heavy atom. The molecule has 1 N–H and O–H groups in total. The van der Waals surface area contributed by atoms with Gasteiger partial charge < -0.3 is 14.8 Å². The number of anilines is 1. The number of carbonyl (C=O) groups excluding carboxylic acids is 2. The van der Waals surface area contributed by atoms with Crippen LogP contribution >= 0.6 is 0 Å². The molecule has 0 radical (unpaired) electrons. The second-order valence-electron chi connectivity index (χ2n) is 7.58. The van der Waals surface area contributed by atoms with Crippen LogP contribution in [0, 0.1) is 23.0 Å². The summed E-state index contributed by atoms with van der Waals surface area (Å²) in [6.07, 6.45) is 0.941. The molecule has 8 nitrogen and oxygen atoms in total. The second kappa shape index (κ2) is 6.35. The molecule has 2 fully saturated rings. The van der Waals surface area contributed by atoms with E-state index in [0.29, 0.717) is 30.7 Å². The van der Waals surface area contributed by atoms with Gasteiger partial charge in [-0.3, -0.25) is 19.7 Å². The Kier molecular flexibility index (Phi) is 4.47. The van der Waals surface area contributed by atoms with Gasteiger partial charge in [0.15, 0.2) is 0 Å². The zero-order valence-electron chi connectivity index (χ0n) is 15.0. The number of nitrogens with one attached hydrogen (secondary N) is 1. The van der Waals surface area contributed by atoms with Crippen LogP contribution in [0.3, 0.4) is 0 Å². The van der Waals surface area contributed by atoms with E-state index in [1.54, 1.807) is 6.92 Å². The van der Waals surface area contributed by atoms with E-state index in [1.165, 1.54) is 18.2 Å². The van der Waals surface area contributed by atoms with Crippen molar-refractivity contribution < 1.29 is 24.0 Å². The van der Waals surface area contributed by atoms with E-state index in [0.717, 1.165) is 0 Å². The monoisotopic (exact) mass is 362 g/mol. The van der Waals surface area contributed by atoms with E-state index in [4.69, 9.17) is 9.47 Å². The van der Waals surface area contributed by atoms with E-state index >= 15 is 0 Å². The summed E-state index contributed by atoms with van der Waals surface area (Å²) in [6, 6.07) is 4.25. The Morgan fingerprint density at radius 1 is 1.38 bits per heavy atom. The molecular weight excluding hydrogens is 340 g/mol. The predicted molar refractivity (Wildman–Crippen MR) is 92.7 cm³/mol. The molecule has 140 valence electrons. The molecule has 2 atom stereocenters. The maximum absolute atomic E-state index is 12.9. The maximum atomic E-state index is 12.9. The quantitative estimate of drug-likeness (QED) is 0.503. The summed E-state index contributed by atoms with van der Waals surface area (Å²) in [5.74, 6) is -1.32. The number of non-ortho nitro benzene ring substituents is 1. The minimum atomic E-state index is -0.863. The van der Waals surface area contributed by atoms with E-state index in [2.05, 4.69) is 5.32 Å². The Morgan fingerprint density at radius 2 is 2.12 bits per heavy atom. The highest BCUT2D eigenvalue weighted by Crippen LogP contribution is 2.46. The van der Waals surface area contributed by atoms with Crippen LogP contribution < -0.4 is 5.32 Å².